The molecule has 1 aromatic carbocycles. The second kappa shape index (κ2) is 6.09. The number of hydrogen-bond donors (Lipinski definition) is 2. The molecule has 1 aliphatic rings. The Balaban J connectivity index is 2.19. The van der Waals surface area contributed by atoms with E-state index in [1.807, 2.05) is 0 Å². The minimum Gasteiger partial charge on any atom is -0.399 e. The molecule has 0 aliphatic carbocycles. The summed E-state index contributed by atoms with van der Waals surface area (Å²) >= 11 is 6.47. The van der Waals surface area contributed by atoms with Gasteiger partial charge in [-0.2, -0.15) is 0 Å². The molecule has 2 rings (SSSR count). The molecular weight excluding hydrogens is 400 g/mol. The highest BCUT2D eigenvalue weighted by Crippen LogP contribution is 2.32. The van der Waals surface area contributed by atoms with Gasteiger partial charge in [0.1, 0.15) is 4.90 Å². The predicted octanol–water partition coefficient (Wildman–Crippen LogP) is 2.11. The highest BCUT2D eigenvalue weighted by molar-refractivity contribution is 9.11. The summed E-state index contributed by atoms with van der Waals surface area (Å²) in [6.45, 7) is 1.68. The quantitative estimate of drug-likeness (QED) is 0.740. The lowest BCUT2D eigenvalue weighted by molar-refractivity contribution is 0.186. The van der Waals surface area contributed by atoms with Crippen molar-refractivity contribution in [3.63, 3.8) is 0 Å². The number of nitrogens with two attached hydrogens (primary N) is 1. The molecule has 19 heavy (non-hydrogen) atoms. The van der Waals surface area contributed by atoms with Gasteiger partial charge in [0, 0.05) is 27.8 Å². The number of rotatable bonds is 4. The zero-order chi connectivity index (χ0) is 14.0. The largest absolute Gasteiger partial charge is 0.399 e. The van der Waals surface area contributed by atoms with E-state index in [2.05, 4.69) is 36.6 Å². The molecule has 0 radical (unpaired) electrons. The first-order valence-corrected chi connectivity index (χ1v) is 8.79. The van der Waals surface area contributed by atoms with Crippen LogP contribution in [0.4, 0.5) is 5.69 Å². The minimum atomic E-state index is -3.58. The number of nitrogens with one attached hydrogen (secondary N) is 1. The third kappa shape index (κ3) is 3.69. The van der Waals surface area contributed by atoms with Crippen LogP contribution in [0.2, 0.25) is 0 Å². The molecule has 5 nitrogen and oxygen atoms in total. The van der Waals surface area contributed by atoms with E-state index in [1.165, 1.54) is 0 Å². The fourth-order valence-electron chi connectivity index (χ4n) is 1.88. The van der Waals surface area contributed by atoms with E-state index in [1.54, 1.807) is 12.1 Å². The number of ether oxygens (including phenoxy) is 1. The summed E-state index contributed by atoms with van der Waals surface area (Å²) in [7, 11) is -3.58. The maximum absolute atomic E-state index is 12.3. The highest BCUT2D eigenvalue weighted by atomic mass is 79.9. The van der Waals surface area contributed by atoms with Crippen molar-refractivity contribution in [2.24, 2.45) is 5.92 Å². The fourth-order valence-corrected chi connectivity index (χ4v) is 5.61. The van der Waals surface area contributed by atoms with Crippen LogP contribution >= 0.6 is 31.9 Å². The molecule has 0 saturated carbocycles. The predicted molar refractivity (Wildman–Crippen MR) is 80.4 cm³/mol. The van der Waals surface area contributed by atoms with Crippen LogP contribution in [0.1, 0.15) is 6.42 Å². The number of halogens is 2. The molecule has 0 aromatic heterocycles. The molecule has 0 spiro atoms. The smallest absolute Gasteiger partial charge is 0.242 e. The normalized spacial score (nSPS) is 19.8. The van der Waals surface area contributed by atoms with Gasteiger partial charge in [-0.15, -0.1) is 0 Å². The Labute approximate surface area is 129 Å². The topological polar surface area (TPSA) is 81.4 Å². The Morgan fingerprint density at radius 3 is 2.53 bits per heavy atom. The van der Waals surface area contributed by atoms with Crippen LogP contribution in [0.25, 0.3) is 0 Å². The van der Waals surface area contributed by atoms with Crippen LogP contribution in [0.3, 0.4) is 0 Å². The van der Waals surface area contributed by atoms with E-state index in [0.717, 1.165) is 6.42 Å². The average molecular weight is 414 g/mol. The highest BCUT2D eigenvalue weighted by Gasteiger charge is 2.24. The SMILES string of the molecule is Nc1cc(Br)c(S(=O)(=O)NCC2CCOC2)c(Br)c1. The molecule has 1 saturated heterocycles. The first-order valence-electron chi connectivity index (χ1n) is 5.72. The fraction of sp³-hybridized carbons (Fsp3) is 0.455. The van der Waals surface area contributed by atoms with E-state index in [4.69, 9.17) is 10.5 Å². The van der Waals surface area contributed by atoms with Crippen LogP contribution in [0, 0.1) is 5.92 Å². The molecule has 1 unspecified atom stereocenters. The Bertz CT molecular complexity index is 548. The maximum Gasteiger partial charge on any atom is 0.242 e. The van der Waals surface area contributed by atoms with Crippen molar-refractivity contribution in [3.8, 4) is 0 Å². The van der Waals surface area contributed by atoms with Crippen molar-refractivity contribution in [1.82, 2.24) is 4.72 Å². The number of nitrogen functional groups attached to an aromatic ring is 1. The summed E-state index contributed by atoms with van der Waals surface area (Å²) in [6, 6.07) is 3.13. The molecule has 1 fully saturated rings. The zero-order valence-electron chi connectivity index (χ0n) is 10.0. The Morgan fingerprint density at radius 2 is 2.00 bits per heavy atom. The van der Waals surface area contributed by atoms with Crippen LogP contribution < -0.4 is 10.5 Å². The van der Waals surface area contributed by atoms with Crippen LogP contribution in [0.5, 0.6) is 0 Å². The van der Waals surface area contributed by atoms with Gasteiger partial charge >= 0.3 is 0 Å². The second-order valence-electron chi connectivity index (χ2n) is 4.40. The van der Waals surface area contributed by atoms with Gasteiger partial charge in [-0.05, 0) is 56.3 Å². The third-order valence-corrected chi connectivity index (χ3v) is 6.18. The molecule has 1 aliphatic heterocycles. The Kier molecular flexibility index (Phi) is 4.88. The maximum atomic E-state index is 12.3. The average Bonchev–Trinajstić information content (AvgIpc) is 2.77. The first kappa shape index (κ1) is 15.2. The van der Waals surface area contributed by atoms with E-state index < -0.39 is 10.0 Å². The van der Waals surface area contributed by atoms with E-state index in [9.17, 15) is 8.42 Å². The first-order chi connectivity index (χ1) is 8.90. The van der Waals surface area contributed by atoms with E-state index in [-0.39, 0.29) is 10.8 Å². The van der Waals surface area contributed by atoms with Crippen molar-refractivity contribution < 1.29 is 13.2 Å². The van der Waals surface area contributed by atoms with Crippen molar-refractivity contribution in [3.05, 3.63) is 21.1 Å². The van der Waals surface area contributed by atoms with Crippen molar-refractivity contribution in [2.45, 2.75) is 11.3 Å². The van der Waals surface area contributed by atoms with Gasteiger partial charge in [0.15, 0.2) is 0 Å². The molecular formula is C11H14Br2N2O3S. The minimum absolute atomic E-state index is 0.167. The molecule has 106 valence electrons. The summed E-state index contributed by atoms with van der Waals surface area (Å²) < 4.78 is 33.3. The molecule has 8 heteroatoms. The van der Waals surface area contributed by atoms with Gasteiger partial charge in [-0.25, -0.2) is 13.1 Å². The van der Waals surface area contributed by atoms with Crippen molar-refractivity contribution in [2.75, 3.05) is 25.5 Å². The number of hydrogen-bond acceptors (Lipinski definition) is 4. The van der Waals surface area contributed by atoms with Crippen LogP contribution in [-0.4, -0.2) is 28.2 Å². The second-order valence-corrected chi connectivity index (χ2v) is 7.81. The van der Waals surface area contributed by atoms with Crippen molar-refractivity contribution >= 4 is 47.6 Å². The Morgan fingerprint density at radius 1 is 1.37 bits per heavy atom. The third-order valence-electron chi connectivity index (χ3n) is 2.88. The van der Waals surface area contributed by atoms with E-state index in [0.29, 0.717) is 34.4 Å². The van der Waals surface area contributed by atoms with Gasteiger partial charge < -0.3 is 10.5 Å². The van der Waals surface area contributed by atoms with Gasteiger partial charge in [-0.3, -0.25) is 0 Å². The molecule has 1 atom stereocenters. The molecule has 0 amide bonds. The van der Waals surface area contributed by atoms with Crippen LogP contribution in [-0.2, 0) is 14.8 Å². The lowest BCUT2D eigenvalue weighted by Gasteiger charge is -2.13. The van der Waals surface area contributed by atoms with Gasteiger partial charge in [-0.1, -0.05) is 0 Å². The zero-order valence-corrected chi connectivity index (χ0v) is 14.0. The molecule has 0 bridgehead atoms. The Hall–Kier alpha value is -0.150. The number of benzene rings is 1. The summed E-state index contributed by atoms with van der Waals surface area (Å²) in [6.07, 6.45) is 0.882. The lowest BCUT2D eigenvalue weighted by atomic mass is 10.1. The summed E-state index contributed by atoms with van der Waals surface area (Å²) in [5, 5.41) is 0. The van der Waals surface area contributed by atoms with E-state index >= 15 is 0 Å². The van der Waals surface area contributed by atoms with Gasteiger partial charge in [0.05, 0.1) is 6.61 Å². The molecule has 1 heterocycles. The molecule has 1 aromatic rings. The summed E-state index contributed by atoms with van der Waals surface area (Å²) in [5.41, 5.74) is 6.14. The monoisotopic (exact) mass is 412 g/mol. The molecule has 3 N–H and O–H groups in total. The van der Waals surface area contributed by atoms with Gasteiger partial charge in [0.25, 0.3) is 0 Å². The lowest BCUT2D eigenvalue weighted by Crippen LogP contribution is -2.30. The van der Waals surface area contributed by atoms with Crippen molar-refractivity contribution in [1.29, 1.82) is 0 Å². The number of anilines is 1. The standard InChI is InChI=1S/C11H14Br2N2O3S/c12-9-3-8(14)4-10(13)11(9)19(16,17)15-5-7-1-2-18-6-7/h3-4,7,15H,1-2,5-6,14H2. The summed E-state index contributed by atoms with van der Waals surface area (Å²) in [4.78, 5) is 0.167. The van der Waals surface area contributed by atoms with Gasteiger partial charge in [0.2, 0.25) is 10.0 Å². The van der Waals surface area contributed by atoms with Crippen LogP contribution in [0.15, 0.2) is 26.0 Å². The number of sulfonamides is 1. The summed E-state index contributed by atoms with van der Waals surface area (Å²) in [5.74, 6) is 0.237.